The van der Waals surface area contributed by atoms with Gasteiger partial charge in [-0.3, -0.25) is 0 Å². The van der Waals surface area contributed by atoms with Crippen molar-refractivity contribution in [1.29, 1.82) is 0 Å². The second-order valence-corrected chi connectivity index (χ2v) is 1.08. The highest BCUT2D eigenvalue weighted by Gasteiger charge is 1.69. The van der Waals surface area contributed by atoms with E-state index in [0.717, 1.165) is 12.8 Å². The highest BCUT2D eigenvalue weighted by atomic mass is 16.2. The maximum atomic E-state index is 8.07. The summed E-state index contributed by atoms with van der Waals surface area (Å²) < 4.78 is 0. The van der Waals surface area contributed by atoms with Crippen molar-refractivity contribution in [3.05, 3.63) is 0 Å². The molecule has 0 atom stereocenters. The van der Waals surface area contributed by atoms with Gasteiger partial charge in [0, 0.05) is 6.61 Å². The molecule has 0 rings (SSSR count). The monoisotopic (exact) mass is 109 g/mol. The molecule has 3 nitrogen and oxygen atoms in total. The molecule has 6 N–H and O–H groups in total. The number of aliphatic hydroxyl groups is 1. The van der Waals surface area contributed by atoms with Crippen LogP contribution in [-0.2, 0) is 0 Å². The smallest absolute Gasteiger partial charge is 0.0430 e. The Bertz CT molecular complexity index is 17.2. The SMILES string of the molecule is CCCCO.N.O. The summed E-state index contributed by atoms with van der Waals surface area (Å²) in [5.74, 6) is 0. The first kappa shape index (κ1) is 15.8. The minimum atomic E-state index is 0. The van der Waals surface area contributed by atoms with Crippen LogP contribution in [0.25, 0.3) is 0 Å². The van der Waals surface area contributed by atoms with E-state index in [0.29, 0.717) is 6.61 Å². The largest absolute Gasteiger partial charge is 0.412 e. The summed E-state index contributed by atoms with van der Waals surface area (Å²) in [6.07, 6.45) is 2.04. The molecule has 0 aromatic carbocycles. The van der Waals surface area contributed by atoms with E-state index < -0.39 is 0 Å². The number of aliphatic hydroxyl groups excluding tert-OH is 1. The molecule has 0 radical (unpaired) electrons. The summed E-state index contributed by atoms with van der Waals surface area (Å²) in [5.41, 5.74) is 0. The topological polar surface area (TPSA) is 86.7 Å². The van der Waals surface area contributed by atoms with Crippen molar-refractivity contribution in [2.75, 3.05) is 6.61 Å². The minimum Gasteiger partial charge on any atom is -0.412 e. The number of rotatable bonds is 2. The summed E-state index contributed by atoms with van der Waals surface area (Å²) in [6, 6.07) is 0. The normalized spacial score (nSPS) is 6.00. The molecule has 0 aliphatic rings. The van der Waals surface area contributed by atoms with E-state index in [2.05, 4.69) is 6.92 Å². The maximum absolute atomic E-state index is 8.07. The predicted molar refractivity (Wildman–Crippen MR) is 30.6 cm³/mol. The average Bonchev–Trinajstić information content (AvgIpc) is 1.41. The van der Waals surface area contributed by atoms with Gasteiger partial charge in [0.05, 0.1) is 0 Å². The lowest BCUT2D eigenvalue weighted by atomic mass is 10.4. The summed E-state index contributed by atoms with van der Waals surface area (Å²) >= 11 is 0. The molecule has 0 spiro atoms. The molecule has 0 fully saturated rings. The lowest BCUT2D eigenvalue weighted by Gasteiger charge is -1.79. The first-order valence-corrected chi connectivity index (χ1v) is 2.02. The molecule has 0 aromatic rings. The fourth-order valence-electron chi connectivity index (χ4n) is 0.158. The van der Waals surface area contributed by atoms with E-state index in [9.17, 15) is 0 Å². The van der Waals surface area contributed by atoms with Crippen LogP contribution in [-0.4, -0.2) is 17.2 Å². The van der Waals surface area contributed by atoms with Gasteiger partial charge in [0.1, 0.15) is 0 Å². The van der Waals surface area contributed by atoms with Gasteiger partial charge in [0.25, 0.3) is 0 Å². The van der Waals surface area contributed by atoms with Crippen LogP contribution in [0.1, 0.15) is 19.8 Å². The van der Waals surface area contributed by atoms with Crippen LogP contribution < -0.4 is 6.15 Å². The molecular weight excluding hydrogens is 94.0 g/mol. The van der Waals surface area contributed by atoms with Gasteiger partial charge in [-0.05, 0) is 6.42 Å². The van der Waals surface area contributed by atoms with Crippen molar-refractivity contribution < 1.29 is 10.6 Å². The second-order valence-electron chi connectivity index (χ2n) is 1.08. The molecular formula is C4H15NO2. The zero-order chi connectivity index (χ0) is 4.12. The fourth-order valence-corrected chi connectivity index (χ4v) is 0.158. The van der Waals surface area contributed by atoms with Crippen molar-refractivity contribution in [2.45, 2.75) is 19.8 Å². The minimum absolute atomic E-state index is 0. The van der Waals surface area contributed by atoms with Crippen molar-refractivity contribution in [3.63, 3.8) is 0 Å². The van der Waals surface area contributed by atoms with Gasteiger partial charge in [-0.15, -0.1) is 0 Å². The Morgan fingerprint density at radius 1 is 1.43 bits per heavy atom. The van der Waals surface area contributed by atoms with E-state index in [1.54, 1.807) is 0 Å². The van der Waals surface area contributed by atoms with Crippen molar-refractivity contribution >= 4 is 0 Å². The first-order chi connectivity index (χ1) is 2.41. The average molecular weight is 109 g/mol. The molecule has 0 aliphatic carbocycles. The maximum Gasteiger partial charge on any atom is 0.0430 e. The van der Waals surface area contributed by atoms with Gasteiger partial charge in [-0.2, -0.15) is 0 Å². The van der Waals surface area contributed by atoms with Crippen LogP contribution >= 0.6 is 0 Å². The lowest BCUT2D eigenvalue weighted by Crippen LogP contribution is -1.75. The molecule has 48 valence electrons. The number of hydrogen-bond donors (Lipinski definition) is 2. The standard InChI is InChI=1S/C4H10O.H3N.H2O/c1-2-3-4-5;;/h5H,2-4H2,1H3;1H3;1H2. The van der Waals surface area contributed by atoms with E-state index in [-0.39, 0.29) is 11.6 Å². The third-order valence-electron chi connectivity index (χ3n) is 0.512. The van der Waals surface area contributed by atoms with E-state index >= 15 is 0 Å². The van der Waals surface area contributed by atoms with Crippen molar-refractivity contribution in [2.24, 2.45) is 0 Å². The van der Waals surface area contributed by atoms with E-state index in [1.165, 1.54) is 0 Å². The highest BCUT2D eigenvalue weighted by molar-refractivity contribution is 4.23. The van der Waals surface area contributed by atoms with Crippen molar-refractivity contribution in [3.8, 4) is 0 Å². The second kappa shape index (κ2) is 16.9. The van der Waals surface area contributed by atoms with E-state index in [4.69, 9.17) is 5.11 Å². The Hall–Kier alpha value is -0.120. The molecule has 0 aromatic heterocycles. The molecule has 3 heteroatoms. The molecule has 0 unspecified atom stereocenters. The van der Waals surface area contributed by atoms with Gasteiger partial charge in [0.2, 0.25) is 0 Å². The van der Waals surface area contributed by atoms with Crippen LogP contribution in [0.2, 0.25) is 0 Å². The highest BCUT2D eigenvalue weighted by Crippen LogP contribution is 1.78. The Kier molecular flexibility index (Phi) is 38.1. The summed E-state index contributed by atoms with van der Waals surface area (Å²) in [6.45, 7) is 2.40. The van der Waals surface area contributed by atoms with Gasteiger partial charge < -0.3 is 16.7 Å². The number of unbranched alkanes of at least 4 members (excludes halogenated alkanes) is 1. The van der Waals surface area contributed by atoms with Gasteiger partial charge in [0.15, 0.2) is 0 Å². The molecule has 7 heavy (non-hydrogen) atoms. The Balaban J connectivity index is -0.0000000800. The van der Waals surface area contributed by atoms with Crippen molar-refractivity contribution in [1.82, 2.24) is 6.15 Å². The Morgan fingerprint density at radius 3 is 1.86 bits per heavy atom. The third-order valence-corrected chi connectivity index (χ3v) is 0.512. The van der Waals surface area contributed by atoms with Crippen LogP contribution in [0.4, 0.5) is 0 Å². The molecule has 0 saturated carbocycles. The van der Waals surface area contributed by atoms with Crippen LogP contribution in [0.15, 0.2) is 0 Å². The first-order valence-electron chi connectivity index (χ1n) is 2.02. The Labute approximate surface area is 44.2 Å². The zero-order valence-corrected chi connectivity index (χ0v) is 4.78. The molecule has 0 aliphatic heterocycles. The van der Waals surface area contributed by atoms with Gasteiger partial charge in [-0.25, -0.2) is 0 Å². The molecule has 0 heterocycles. The van der Waals surface area contributed by atoms with Crippen LogP contribution in [0, 0.1) is 0 Å². The summed E-state index contributed by atoms with van der Waals surface area (Å²) in [5, 5.41) is 8.07. The molecule has 0 amide bonds. The molecule has 0 bridgehead atoms. The van der Waals surface area contributed by atoms with Gasteiger partial charge in [-0.1, -0.05) is 13.3 Å². The zero-order valence-electron chi connectivity index (χ0n) is 4.78. The van der Waals surface area contributed by atoms with Crippen LogP contribution in [0.3, 0.4) is 0 Å². The summed E-state index contributed by atoms with van der Waals surface area (Å²) in [7, 11) is 0. The number of hydrogen-bond acceptors (Lipinski definition) is 2. The Morgan fingerprint density at radius 2 is 1.86 bits per heavy atom. The van der Waals surface area contributed by atoms with Crippen LogP contribution in [0.5, 0.6) is 0 Å². The predicted octanol–water partition coefficient (Wildman–Crippen LogP) is 0.116. The quantitative estimate of drug-likeness (QED) is 0.527. The molecule has 0 saturated heterocycles. The fraction of sp³-hybridized carbons (Fsp3) is 1.00. The third kappa shape index (κ3) is 25.0. The van der Waals surface area contributed by atoms with E-state index in [1.807, 2.05) is 0 Å². The lowest BCUT2D eigenvalue weighted by molar-refractivity contribution is 0.287. The summed E-state index contributed by atoms with van der Waals surface area (Å²) in [4.78, 5) is 0. The van der Waals surface area contributed by atoms with Gasteiger partial charge >= 0.3 is 0 Å².